The second-order valence-electron chi connectivity index (χ2n) is 6.37. The van der Waals surface area contributed by atoms with Gasteiger partial charge in [0.1, 0.15) is 0 Å². The number of benzene rings is 1. The smallest absolute Gasteiger partial charge is 0.264 e. The number of amides is 1. The molecular weight excluding hydrogens is 344 g/mol. The van der Waals surface area contributed by atoms with Crippen molar-refractivity contribution in [1.82, 2.24) is 10.2 Å². The van der Waals surface area contributed by atoms with Crippen molar-refractivity contribution in [2.45, 2.75) is 24.6 Å². The van der Waals surface area contributed by atoms with Gasteiger partial charge in [0.05, 0.1) is 10.6 Å². The molecule has 7 heteroatoms. The molecule has 0 atom stereocenters. The molecule has 1 saturated heterocycles. The highest BCUT2D eigenvalue weighted by Gasteiger charge is 2.27. The molecule has 0 saturated carbocycles. The number of nitrogens with zero attached hydrogens (tertiary/aromatic N) is 1. The molecule has 1 aliphatic heterocycles. The molecule has 3 rings (SSSR count). The molecule has 2 heterocycles. The van der Waals surface area contributed by atoms with E-state index in [1.165, 1.54) is 17.6 Å². The Morgan fingerprint density at radius 2 is 1.96 bits per heavy atom. The predicted molar refractivity (Wildman–Crippen MR) is 98.4 cm³/mol. The third-order valence-corrected chi connectivity index (χ3v) is 6.49. The lowest BCUT2D eigenvalue weighted by Crippen LogP contribution is -2.44. The van der Waals surface area contributed by atoms with E-state index in [4.69, 9.17) is 0 Å². The Kier molecular flexibility index (Phi) is 4.94. The number of rotatable bonds is 4. The average Bonchev–Trinajstić information content (AvgIpc) is 2.91. The fraction of sp³-hybridized carbons (Fsp3) is 0.471. The van der Waals surface area contributed by atoms with Crippen LogP contribution in [-0.2, 0) is 15.6 Å². The molecule has 1 aliphatic rings. The van der Waals surface area contributed by atoms with Crippen molar-refractivity contribution in [3.05, 3.63) is 34.7 Å². The third-order valence-electron chi connectivity index (χ3n) is 4.48. The number of hydrogen-bond acceptors (Lipinski definition) is 5. The number of carbonyl (C=O) groups excluding carboxylic acids is 1. The molecule has 5 nitrogen and oxygen atoms in total. The minimum Gasteiger partial charge on any atom is -0.338 e. The summed E-state index contributed by atoms with van der Waals surface area (Å²) in [4.78, 5) is 15.4. The number of nitrogens with one attached hydrogen (secondary N) is 1. The second-order valence-corrected chi connectivity index (χ2v) is 9.57. The zero-order valence-corrected chi connectivity index (χ0v) is 15.5. The van der Waals surface area contributed by atoms with Gasteiger partial charge in [0.25, 0.3) is 5.91 Å². The van der Waals surface area contributed by atoms with E-state index in [2.05, 4.69) is 5.32 Å². The van der Waals surface area contributed by atoms with Crippen LogP contribution in [0, 0.1) is 0 Å². The van der Waals surface area contributed by atoms with Gasteiger partial charge in [-0.05, 0) is 42.9 Å². The lowest BCUT2D eigenvalue weighted by molar-refractivity contribution is 0.0707. The first-order valence-electron chi connectivity index (χ1n) is 8.03. The summed E-state index contributed by atoms with van der Waals surface area (Å²) < 4.78 is 24.7. The molecule has 1 fully saturated rings. The van der Waals surface area contributed by atoms with Gasteiger partial charge in [-0.25, -0.2) is 8.42 Å². The van der Waals surface area contributed by atoms with Crippen molar-refractivity contribution in [3.63, 3.8) is 0 Å². The van der Waals surface area contributed by atoms with E-state index >= 15 is 0 Å². The van der Waals surface area contributed by atoms with Crippen LogP contribution in [0.3, 0.4) is 0 Å². The molecule has 2 aromatic rings. The standard InChI is InChI=1S/C17H22N2O3S2/c1-19(12-7-9-18-10-8-12)17(20)16-14(11-24(2,21)22)13-5-3-4-6-15(13)23-16/h3-6,12,18H,7-11H2,1-2H3. The van der Waals surface area contributed by atoms with Gasteiger partial charge in [-0.15, -0.1) is 11.3 Å². The topological polar surface area (TPSA) is 66.5 Å². The Labute approximate surface area is 146 Å². The summed E-state index contributed by atoms with van der Waals surface area (Å²) in [6.07, 6.45) is 3.06. The highest BCUT2D eigenvalue weighted by atomic mass is 32.2. The number of carbonyl (C=O) groups is 1. The van der Waals surface area contributed by atoms with Gasteiger partial charge in [0.2, 0.25) is 0 Å². The summed E-state index contributed by atoms with van der Waals surface area (Å²) >= 11 is 1.39. The van der Waals surface area contributed by atoms with Gasteiger partial charge in [-0.1, -0.05) is 18.2 Å². The quantitative estimate of drug-likeness (QED) is 0.901. The molecule has 0 bridgehead atoms. The molecule has 0 unspecified atom stereocenters. The van der Waals surface area contributed by atoms with Crippen LogP contribution in [-0.4, -0.2) is 51.7 Å². The zero-order valence-electron chi connectivity index (χ0n) is 13.9. The van der Waals surface area contributed by atoms with Crippen molar-refractivity contribution in [3.8, 4) is 0 Å². The lowest BCUT2D eigenvalue weighted by atomic mass is 10.0. The summed E-state index contributed by atoms with van der Waals surface area (Å²) in [6, 6.07) is 7.83. The molecule has 0 spiro atoms. The van der Waals surface area contributed by atoms with E-state index in [-0.39, 0.29) is 17.7 Å². The van der Waals surface area contributed by atoms with Crippen molar-refractivity contribution < 1.29 is 13.2 Å². The number of piperidine rings is 1. The highest BCUT2D eigenvalue weighted by molar-refractivity contribution is 7.89. The number of hydrogen-bond donors (Lipinski definition) is 1. The SMILES string of the molecule is CN(C(=O)c1sc2ccccc2c1CS(C)(=O)=O)C1CCNCC1. The maximum absolute atomic E-state index is 13.0. The first kappa shape index (κ1) is 17.4. The molecule has 1 N–H and O–H groups in total. The Morgan fingerprint density at radius 1 is 1.29 bits per heavy atom. The van der Waals surface area contributed by atoms with Crippen molar-refractivity contribution in [2.75, 3.05) is 26.4 Å². The maximum Gasteiger partial charge on any atom is 0.264 e. The summed E-state index contributed by atoms with van der Waals surface area (Å²) in [5.74, 6) is -0.167. The molecule has 1 aromatic carbocycles. The Balaban J connectivity index is 2.01. The monoisotopic (exact) mass is 366 g/mol. The second kappa shape index (κ2) is 6.82. The van der Waals surface area contributed by atoms with Gasteiger partial charge in [0.15, 0.2) is 9.84 Å². The summed E-state index contributed by atoms with van der Waals surface area (Å²) in [5, 5.41) is 4.17. The van der Waals surface area contributed by atoms with Crippen LogP contribution in [0.5, 0.6) is 0 Å². The van der Waals surface area contributed by atoms with E-state index < -0.39 is 9.84 Å². The van der Waals surface area contributed by atoms with E-state index in [9.17, 15) is 13.2 Å². The van der Waals surface area contributed by atoms with Crippen LogP contribution in [0.2, 0.25) is 0 Å². The van der Waals surface area contributed by atoms with Crippen LogP contribution in [0.15, 0.2) is 24.3 Å². The molecule has 24 heavy (non-hydrogen) atoms. The number of fused-ring (bicyclic) bond motifs is 1. The Bertz CT molecular complexity index is 852. The normalized spacial score (nSPS) is 16.4. The Morgan fingerprint density at radius 3 is 2.62 bits per heavy atom. The number of thiophene rings is 1. The van der Waals surface area contributed by atoms with E-state index in [1.54, 1.807) is 4.90 Å². The minimum absolute atomic E-state index is 0.0678. The van der Waals surface area contributed by atoms with Gasteiger partial charge in [-0.2, -0.15) is 0 Å². The van der Waals surface area contributed by atoms with Crippen LogP contribution in [0.25, 0.3) is 10.1 Å². The first-order valence-corrected chi connectivity index (χ1v) is 10.9. The van der Waals surface area contributed by atoms with Crippen LogP contribution < -0.4 is 5.32 Å². The van der Waals surface area contributed by atoms with Crippen LogP contribution in [0.1, 0.15) is 28.1 Å². The lowest BCUT2D eigenvalue weighted by Gasteiger charge is -2.31. The largest absolute Gasteiger partial charge is 0.338 e. The molecular formula is C17H22N2O3S2. The van der Waals surface area contributed by atoms with Gasteiger partial charge in [-0.3, -0.25) is 4.79 Å². The van der Waals surface area contributed by atoms with E-state index in [0.29, 0.717) is 10.4 Å². The van der Waals surface area contributed by atoms with E-state index in [0.717, 1.165) is 36.0 Å². The number of sulfone groups is 1. The van der Waals surface area contributed by atoms with Crippen molar-refractivity contribution in [1.29, 1.82) is 0 Å². The van der Waals surface area contributed by atoms with Gasteiger partial charge < -0.3 is 10.2 Å². The fourth-order valence-corrected chi connectivity index (χ4v) is 5.32. The van der Waals surface area contributed by atoms with Crippen molar-refractivity contribution >= 4 is 37.2 Å². The maximum atomic E-state index is 13.0. The van der Waals surface area contributed by atoms with E-state index in [1.807, 2.05) is 31.3 Å². The molecule has 0 aliphatic carbocycles. The molecule has 130 valence electrons. The van der Waals surface area contributed by atoms with Crippen LogP contribution >= 0.6 is 11.3 Å². The molecule has 1 amide bonds. The predicted octanol–water partition coefficient (Wildman–Crippen LogP) is 2.27. The minimum atomic E-state index is -3.22. The van der Waals surface area contributed by atoms with Gasteiger partial charge in [0, 0.05) is 24.0 Å². The average molecular weight is 367 g/mol. The zero-order chi connectivity index (χ0) is 17.3. The molecule has 1 aromatic heterocycles. The van der Waals surface area contributed by atoms with Crippen LogP contribution in [0.4, 0.5) is 0 Å². The Hall–Kier alpha value is -1.44. The van der Waals surface area contributed by atoms with Gasteiger partial charge >= 0.3 is 0 Å². The summed E-state index contributed by atoms with van der Waals surface area (Å²) in [5.41, 5.74) is 0.642. The highest BCUT2D eigenvalue weighted by Crippen LogP contribution is 2.34. The first-order chi connectivity index (χ1) is 11.4. The third kappa shape index (κ3) is 3.63. The van der Waals surface area contributed by atoms with Crippen molar-refractivity contribution in [2.24, 2.45) is 0 Å². The summed E-state index contributed by atoms with van der Waals surface area (Å²) in [7, 11) is -1.39. The summed E-state index contributed by atoms with van der Waals surface area (Å²) in [6.45, 7) is 1.82. The fourth-order valence-electron chi connectivity index (χ4n) is 3.20. The molecule has 0 radical (unpaired) electrons.